The van der Waals surface area contributed by atoms with Gasteiger partial charge in [0.2, 0.25) is 5.91 Å². The van der Waals surface area contributed by atoms with Crippen molar-refractivity contribution in [3.63, 3.8) is 0 Å². The fourth-order valence-corrected chi connectivity index (χ4v) is 6.68. The Morgan fingerprint density at radius 1 is 1.13 bits per heavy atom. The van der Waals surface area contributed by atoms with Crippen molar-refractivity contribution in [1.82, 2.24) is 14.9 Å². The zero-order chi connectivity index (χ0) is 20.5. The minimum atomic E-state index is -0.00991. The average Bonchev–Trinajstić information content (AvgIpc) is 3.40. The number of carbonyl (C=O) groups excluding carboxylic acids is 1. The van der Waals surface area contributed by atoms with Gasteiger partial charge in [0.05, 0.1) is 16.8 Å². The smallest absolute Gasteiger partial charge is 0.267 e. The Hall–Kier alpha value is -2.12. The number of benzene rings is 1. The van der Waals surface area contributed by atoms with Crippen molar-refractivity contribution in [2.45, 2.75) is 62.6 Å². The van der Waals surface area contributed by atoms with Crippen LogP contribution in [-0.4, -0.2) is 27.3 Å². The summed E-state index contributed by atoms with van der Waals surface area (Å²) in [5, 5.41) is 4.50. The number of fused-ring (bicyclic) bond motifs is 3. The molecule has 30 heavy (non-hydrogen) atoms. The number of nitrogens with one attached hydrogen (secondary N) is 1. The number of nitrogens with zero attached hydrogens (tertiary/aromatic N) is 2. The van der Waals surface area contributed by atoms with Crippen LogP contribution < -0.4 is 10.9 Å². The van der Waals surface area contributed by atoms with Gasteiger partial charge in [-0.05, 0) is 56.2 Å². The quantitative estimate of drug-likeness (QED) is 0.470. The Labute approximate surface area is 183 Å². The Balaban J connectivity index is 1.52. The fourth-order valence-electron chi connectivity index (χ4n) is 4.56. The van der Waals surface area contributed by atoms with E-state index in [0.29, 0.717) is 11.2 Å². The van der Waals surface area contributed by atoms with Crippen LogP contribution in [0, 0.1) is 0 Å². The van der Waals surface area contributed by atoms with E-state index in [4.69, 9.17) is 4.98 Å². The van der Waals surface area contributed by atoms with Crippen LogP contribution in [0.3, 0.4) is 0 Å². The molecule has 2 heterocycles. The van der Waals surface area contributed by atoms with Gasteiger partial charge in [-0.3, -0.25) is 14.2 Å². The molecule has 1 amide bonds. The van der Waals surface area contributed by atoms with Gasteiger partial charge < -0.3 is 5.32 Å². The molecule has 3 aromatic rings. The third-order valence-corrected chi connectivity index (χ3v) is 8.15. The molecule has 2 aromatic heterocycles. The van der Waals surface area contributed by atoms with Gasteiger partial charge in [-0.15, -0.1) is 11.3 Å². The van der Waals surface area contributed by atoms with Crippen molar-refractivity contribution in [2.24, 2.45) is 0 Å². The first kappa shape index (κ1) is 19.8. The summed E-state index contributed by atoms with van der Waals surface area (Å²) in [5.41, 5.74) is 1.98. The number of para-hydroxylation sites is 1. The number of hydrogen-bond donors (Lipinski definition) is 1. The molecule has 1 saturated carbocycles. The summed E-state index contributed by atoms with van der Waals surface area (Å²) in [6.07, 6.45) is 8.80. The lowest BCUT2D eigenvalue weighted by molar-refractivity contribution is -0.119. The number of thioether (sulfide) groups is 1. The molecule has 0 atom stereocenters. The van der Waals surface area contributed by atoms with Gasteiger partial charge in [0, 0.05) is 10.9 Å². The molecular formula is C23H25N3O2S2. The molecule has 7 heteroatoms. The lowest BCUT2D eigenvalue weighted by atomic mass is 9.97. The zero-order valence-corrected chi connectivity index (χ0v) is 18.5. The molecule has 156 valence electrons. The van der Waals surface area contributed by atoms with Gasteiger partial charge in [0.15, 0.2) is 5.16 Å². The number of rotatable bonds is 5. The summed E-state index contributed by atoms with van der Waals surface area (Å²) in [5.74, 6) is 0.290. The second-order valence-electron chi connectivity index (χ2n) is 8.10. The van der Waals surface area contributed by atoms with E-state index in [0.717, 1.165) is 48.0 Å². The standard InChI is InChI=1S/C23H25N3O2S2/c27-19(24-15-8-4-5-9-15)14-29-23-25-21-20(17-12-6-7-13-18(17)30-21)22(28)26(23)16-10-2-1-3-11-16/h1-3,10-11,15H,4-9,12-14H2,(H,24,27). The highest BCUT2D eigenvalue weighted by Crippen LogP contribution is 2.35. The van der Waals surface area contributed by atoms with Crippen molar-refractivity contribution in [3.8, 4) is 5.69 Å². The van der Waals surface area contributed by atoms with Crippen molar-refractivity contribution < 1.29 is 4.79 Å². The summed E-state index contributed by atoms with van der Waals surface area (Å²) >= 11 is 3.01. The summed E-state index contributed by atoms with van der Waals surface area (Å²) in [7, 11) is 0. The number of hydrogen-bond acceptors (Lipinski definition) is 5. The van der Waals surface area contributed by atoms with Crippen LogP contribution in [0.1, 0.15) is 49.0 Å². The van der Waals surface area contributed by atoms with E-state index in [-0.39, 0.29) is 17.2 Å². The highest BCUT2D eigenvalue weighted by molar-refractivity contribution is 7.99. The molecule has 0 radical (unpaired) electrons. The number of thiophene rings is 1. The molecule has 0 unspecified atom stereocenters. The fraction of sp³-hybridized carbons (Fsp3) is 0.435. The normalized spacial score (nSPS) is 16.7. The molecule has 1 aromatic carbocycles. The minimum absolute atomic E-state index is 0.00991. The van der Waals surface area contributed by atoms with E-state index < -0.39 is 0 Å². The van der Waals surface area contributed by atoms with Gasteiger partial charge in [-0.1, -0.05) is 42.8 Å². The number of carbonyl (C=O) groups is 1. The van der Waals surface area contributed by atoms with E-state index in [1.807, 2.05) is 30.3 Å². The Morgan fingerprint density at radius 2 is 1.90 bits per heavy atom. The molecule has 5 rings (SSSR count). The minimum Gasteiger partial charge on any atom is -0.353 e. The molecule has 0 spiro atoms. The van der Waals surface area contributed by atoms with Crippen LogP contribution >= 0.6 is 23.1 Å². The maximum Gasteiger partial charge on any atom is 0.267 e. The Bertz CT molecular complexity index is 1130. The summed E-state index contributed by atoms with van der Waals surface area (Å²) in [6.45, 7) is 0. The van der Waals surface area contributed by atoms with Gasteiger partial charge in [-0.25, -0.2) is 4.98 Å². The second kappa shape index (κ2) is 8.55. The lowest BCUT2D eigenvalue weighted by Crippen LogP contribution is -2.34. The molecule has 5 nitrogen and oxygen atoms in total. The first-order valence-corrected chi connectivity index (χ1v) is 12.6. The number of aromatic nitrogens is 2. The van der Waals surface area contributed by atoms with Gasteiger partial charge >= 0.3 is 0 Å². The van der Waals surface area contributed by atoms with Crippen LogP contribution in [-0.2, 0) is 17.6 Å². The van der Waals surface area contributed by atoms with E-state index >= 15 is 0 Å². The van der Waals surface area contributed by atoms with E-state index in [1.165, 1.54) is 41.5 Å². The van der Waals surface area contributed by atoms with Crippen LogP contribution in [0.2, 0.25) is 0 Å². The Morgan fingerprint density at radius 3 is 2.70 bits per heavy atom. The topological polar surface area (TPSA) is 64.0 Å². The molecule has 2 aliphatic carbocycles. The summed E-state index contributed by atoms with van der Waals surface area (Å²) in [6, 6.07) is 9.95. The lowest BCUT2D eigenvalue weighted by Gasteiger charge is -2.14. The molecule has 1 N–H and O–H groups in total. The maximum atomic E-state index is 13.6. The van der Waals surface area contributed by atoms with Gasteiger partial charge in [0.1, 0.15) is 4.83 Å². The van der Waals surface area contributed by atoms with E-state index in [2.05, 4.69) is 5.32 Å². The first-order valence-electron chi connectivity index (χ1n) is 10.8. The van der Waals surface area contributed by atoms with Gasteiger partial charge in [0.25, 0.3) is 5.56 Å². The third kappa shape index (κ3) is 3.81. The van der Waals surface area contributed by atoms with Gasteiger partial charge in [-0.2, -0.15) is 0 Å². The summed E-state index contributed by atoms with van der Waals surface area (Å²) < 4.78 is 1.69. The molecule has 1 fully saturated rings. The SMILES string of the molecule is O=C(CSc1nc2sc3c(c2c(=O)n1-c1ccccc1)CCCC3)NC1CCCC1. The molecule has 2 aliphatic rings. The molecular weight excluding hydrogens is 414 g/mol. The molecule has 0 saturated heterocycles. The molecule has 0 bridgehead atoms. The first-order chi connectivity index (χ1) is 14.7. The zero-order valence-electron chi connectivity index (χ0n) is 16.9. The number of aryl methyl sites for hydroxylation is 2. The van der Waals surface area contributed by atoms with Crippen LogP contribution in [0.15, 0.2) is 40.3 Å². The monoisotopic (exact) mass is 439 g/mol. The average molecular weight is 440 g/mol. The third-order valence-electron chi connectivity index (χ3n) is 6.03. The van der Waals surface area contributed by atoms with Crippen LogP contribution in [0.4, 0.5) is 0 Å². The van der Waals surface area contributed by atoms with E-state index in [1.54, 1.807) is 15.9 Å². The Kier molecular flexibility index (Phi) is 5.65. The van der Waals surface area contributed by atoms with Crippen molar-refractivity contribution in [3.05, 3.63) is 51.1 Å². The van der Waals surface area contributed by atoms with Crippen LogP contribution in [0.5, 0.6) is 0 Å². The predicted octanol–water partition coefficient (Wildman–Crippen LogP) is 4.48. The summed E-state index contributed by atoms with van der Waals surface area (Å²) in [4.78, 5) is 33.1. The molecule has 0 aliphatic heterocycles. The van der Waals surface area contributed by atoms with Crippen molar-refractivity contribution in [1.29, 1.82) is 0 Å². The van der Waals surface area contributed by atoms with Crippen LogP contribution in [0.25, 0.3) is 15.9 Å². The van der Waals surface area contributed by atoms with Crippen molar-refractivity contribution >= 4 is 39.2 Å². The maximum absolute atomic E-state index is 13.6. The van der Waals surface area contributed by atoms with Crippen molar-refractivity contribution in [2.75, 3.05) is 5.75 Å². The predicted molar refractivity (Wildman–Crippen MR) is 123 cm³/mol. The second-order valence-corrected chi connectivity index (χ2v) is 10.1. The highest BCUT2D eigenvalue weighted by atomic mass is 32.2. The number of amides is 1. The largest absolute Gasteiger partial charge is 0.353 e. The highest BCUT2D eigenvalue weighted by Gasteiger charge is 2.23. The van der Waals surface area contributed by atoms with E-state index in [9.17, 15) is 9.59 Å².